The topological polar surface area (TPSA) is 54.5 Å². The Bertz CT molecular complexity index is 735. The number of rotatable bonds is 8. The summed E-state index contributed by atoms with van der Waals surface area (Å²) in [5, 5.41) is 3.46. The van der Waals surface area contributed by atoms with E-state index in [9.17, 15) is 4.79 Å². The van der Waals surface area contributed by atoms with E-state index >= 15 is 0 Å². The second-order valence-electron chi connectivity index (χ2n) is 7.84. The molecule has 1 aliphatic rings. The highest BCUT2D eigenvalue weighted by molar-refractivity contribution is 5.94. The van der Waals surface area contributed by atoms with Crippen molar-refractivity contribution in [3.8, 4) is 11.6 Å². The monoisotopic (exact) mass is 381 g/mol. The number of nitrogens with one attached hydrogen (secondary N) is 1. The number of hydrogen-bond acceptors (Lipinski definition) is 4. The van der Waals surface area contributed by atoms with E-state index in [4.69, 9.17) is 4.74 Å². The van der Waals surface area contributed by atoms with Gasteiger partial charge in [0.25, 0.3) is 5.91 Å². The maximum atomic E-state index is 12.5. The predicted octanol–water partition coefficient (Wildman–Crippen LogP) is 4.64. The lowest BCUT2D eigenvalue weighted by molar-refractivity contribution is 0.0724. The number of amides is 1. The van der Waals surface area contributed by atoms with Gasteiger partial charge in [-0.2, -0.15) is 0 Å². The Kier molecular flexibility index (Phi) is 7.43. The molecule has 0 saturated carbocycles. The molecule has 1 fully saturated rings. The number of carbonyl (C=O) groups excluding carboxylic acids is 1. The standard InChI is InChI=1S/C23H31N3O2/c1-18(2)12-13-24-16-19-6-9-21(10-7-19)28-22-11-8-20(17-25-22)23(27)26-14-4-3-5-15-26/h6-11,17-18,24H,3-5,12-16H2,1-2H3. The smallest absolute Gasteiger partial charge is 0.255 e. The summed E-state index contributed by atoms with van der Waals surface area (Å²) in [5.74, 6) is 2.02. The highest BCUT2D eigenvalue weighted by atomic mass is 16.5. The molecule has 5 nitrogen and oxygen atoms in total. The van der Waals surface area contributed by atoms with E-state index < -0.39 is 0 Å². The average molecular weight is 382 g/mol. The van der Waals surface area contributed by atoms with E-state index in [1.54, 1.807) is 18.3 Å². The molecule has 1 aliphatic heterocycles. The third-order valence-electron chi connectivity index (χ3n) is 5.00. The summed E-state index contributed by atoms with van der Waals surface area (Å²) in [5.41, 5.74) is 1.85. The number of likely N-dealkylation sites (tertiary alicyclic amines) is 1. The van der Waals surface area contributed by atoms with Crippen LogP contribution in [0.25, 0.3) is 0 Å². The van der Waals surface area contributed by atoms with Crippen molar-refractivity contribution in [2.24, 2.45) is 5.92 Å². The molecule has 0 spiro atoms. The van der Waals surface area contributed by atoms with E-state index in [-0.39, 0.29) is 5.91 Å². The number of piperidine rings is 1. The van der Waals surface area contributed by atoms with Gasteiger partial charge in [0.15, 0.2) is 0 Å². The van der Waals surface area contributed by atoms with Gasteiger partial charge < -0.3 is 15.0 Å². The van der Waals surface area contributed by atoms with Gasteiger partial charge in [0, 0.05) is 31.9 Å². The first kappa shape index (κ1) is 20.3. The van der Waals surface area contributed by atoms with Gasteiger partial charge in [-0.3, -0.25) is 4.79 Å². The maximum Gasteiger partial charge on any atom is 0.255 e. The van der Waals surface area contributed by atoms with Crippen molar-refractivity contribution in [1.82, 2.24) is 15.2 Å². The fourth-order valence-electron chi connectivity index (χ4n) is 3.27. The third kappa shape index (κ3) is 6.06. The van der Waals surface area contributed by atoms with Crippen LogP contribution in [0.3, 0.4) is 0 Å². The van der Waals surface area contributed by atoms with Crippen LogP contribution in [0.15, 0.2) is 42.6 Å². The van der Waals surface area contributed by atoms with Crippen LogP contribution in [0.4, 0.5) is 0 Å². The second-order valence-corrected chi connectivity index (χ2v) is 7.84. The van der Waals surface area contributed by atoms with Crippen molar-refractivity contribution >= 4 is 5.91 Å². The molecule has 1 amide bonds. The van der Waals surface area contributed by atoms with E-state index in [2.05, 4.69) is 36.3 Å². The minimum absolute atomic E-state index is 0.0630. The van der Waals surface area contributed by atoms with Crippen LogP contribution in [-0.2, 0) is 6.54 Å². The lowest BCUT2D eigenvalue weighted by atomic mass is 10.1. The van der Waals surface area contributed by atoms with Gasteiger partial charge in [0.05, 0.1) is 5.56 Å². The summed E-state index contributed by atoms with van der Waals surface area (Å²) in [6, 6.07) is 11.6. The van der Waals surface area contributed by atoms with E-state index in [0.29, 0.717) is 11.4 Å². The van der Waals surface area contributed by atoms with Crippen molar-refractivity contribution < 1.29 is 9.53 Å². The third-order valence-corrected chi connectivity index (χ3v) is 5.00. The van der Waals surface area contributed by atoms with Gasteiger partial charge in [-0.05, 0) is 61.9 Å². The summed E-state index contributed by atoms with van der Waals surface area (Å²) in [6.07, 6.45) is 6.18. The molecule has 2 heterocycles. The quantitative estimate of drug-likeness (QED) is 0.677. The van der Waals surface area contributed by atoms with Gasteiger partial charge in [-0.15, -0.1) is 0 Å². The fourth-order valence-corrected chi connectivity index (χ4v) is 3.27. The fraction of sp³-hybridized carbons (Fsp3) is 0.478. The molecule has 1 N–H and O–H groups in total. The molecule has 0 bridgehead atoms. The Balaban J connectivity index is 1.50. The minimum Gasteiger partial charge on any atom is -0.439 e. The molecule has 5 heteroatoms. The summed E-state index contributed by atoms with van der Waals surface area (Å²) in [4.78, 5) is 18.7. The SMILES string of the molecule is CC(C)CCNCc1ccc(Oc2ccc(C(=O)N3CCCCC3)cn2)cc1. The molecule has 0 atom stereocenters. The molecule has 0 radical (unpaired) electrons. The molecule has 1 aromatic carbocycles. The Hall–Kier alpha value is -2.40. The first-order valence-corrected chi connectivity index (χ1v) is 10.3. The first-order valence-electron chi connectivity index (χ1n) is 10.3. The Morgan fingerprint density at radius 3 is 2.50 bits per heavy atom. The predicted molar refractivity (Wildman–Crippen MR) is 112 cm³/mol. The number of carbonyl (C=O) groups is 1. The van der Waals surface area contributed by atoms with Crippen LogP contribution in [0.5, 0.6) is 11.6 Å². The maximum absolute atomic E-state index is 12.5. The van der Waals surface area contributed by atoms with Crippen molar-refractivity contribution in [2.45, 2.75) is 46.1 Å². The number of ether oxygens (including phenoxy) is 1. The van der Waals surface area contributed by atoms with Gasteiger partial charge in [-0.25, -0.2) is 4.98 Å². The Labute approximate surface area is 168 Å². The van der Waals surface area contributed by atoms with Crippen molar-refractivity contribution in [2.75, 3.05) is 19.6 Å². The molecule has 3 rings (SSSR count). The largest absolute Gasteiger partial charge is 0.439 e. The number of nitrogens with zero attached hydrogens (tertiary/aromatic N) is 2. The lowest BCUT2D eigenvalue weighted by Crippen LogP contribution is -2.35. The zero-order valence-electron chi connectivity index (χ0n) is 17.0. The van der Waals surface area contributed by atoms with Crippen LogP contribution in [0, 0.1) is 5.92 Å². The lowest BCUT2D eigenvalue weighted by Gasteiger charge is -2.26. The second kappa shape index (κ2) is 10.2. The van der Waals surface area contributed by atoms with Crippen LogP contribution >= 0.6 is 0 Å². The first-order chi connectivity index (χ1) is 13.6. The normalized spacial score (nSPS) is 14.3. The summed E-state index contributed by atoms with van der Waals surface area (Å²) in [7, 11) is 0. The van der Waals surface area contributed by atoms with Crippen molar-refractivity contribution in [3.63, 3.8) is 0 Å². The summed E-state index contributed by atoms with van der Waals surface area (Å²) < 4.78 is 5.81. The van der Waals surface area contributed by atoms with Crippen molar-refractivity contribution in [3.05, 3.63) is 53.7 Å². The number of pyridine rings is 1. The van der Waals surface area contributed by atoms with Crippen molar-refractivity contribution in [1.29, 1.82) is 0 Å². The van der Waals surface area contributed by atoms with Gasteiger partial charge >= 0.3 is 0 Å². The van der Waals surface area contributed by atoms with Crippen LogP contribution < -0.4 is 10.1 Å². The van der Waals surface area contributed by atoms with Gasteiger partial charge in [0.1, 0.15) is 5.75 Å². The van der Waals surface area contributed by atoms with Gasteiger partial charge in [-0.1, -0.05) is 26.0 Å². The minimum atomic E-state index is 0.0630. The molecule has 150 valence electrons. The van der Waals surface area contributed by atoms with Crippen LogP contribution in [-0.4, -0.2) is 35.4 Å². The molecule has 0 unspecified atom stereocenters. The molecule has 1 aromatic heterocycles. The Morgan fingerprint density at radius 2 is 1.86 bits per heavy atom. The number of aromatic nitrogens is 1. The highest BCUT2D eigenvalue weighted by Crippen LogP contribution is 2.21. The molecule has 0 aliphatic carbocycles. The number of benzene rings is 1. The number of hydrogen-bond donors (Lipinski definition) is 1. The average Bonchev–Trinajstić information content (AvgIpc) is 2.73. The van der Waals surface area contributed by atoms with E-state index in [1.807, 2.05) is 17.0 Å². The highest BCUT2D eigenvalue weighted by Gasteiger charge is 2.18. The van der Waals surface area contributed by atoms with E-state index in [0.717, 1.165) is 50.7 Å². The molecular weight excluding hydrogens is 350 g/mol. The van der Waals surface area contributed by atoms with Gasteiger partial charge in [0.2, 0.25) is 5.88 Å². The Morgan fingerprint density at radius 1 is 1.11 bits per heavy atom. The molecule has 2 aromatic rings. The van der Waals surface area contributed by atoms with Crippen LogP contribution in [0.2, 0.25) is 0 Å². The zero-order valence-corrected chi connectivity index (χ0v) is 17.0. The molecular formula is C23H31N3O2. The molecule has 28 heavy (non-hydrogen) atoms. The summed E-state index contributed by atoms with van der Waals surface area (Å²) >= 11 is 0. The molecule has 1 saturated heterocycles. The van der Waals surface area contributed by atoms with E-state index in [1.165, 1.54) is 18.4 Å². The van der Waals surface area contributed by atoms with Crippen LogP contribution in [0.1, 0.15) is 55.5 Å². The summed E-state index contributed by atoms with van der Waals surface area (Å²) in [6.45, 7) is 8.04. The zero-order chi connectivity index (χ0) is 19.8.